The number of carbonyl (C=O) groups excluding carboxylic acids is 1. The zero-order valence-corrected chi connectivity index (χ0v) is 12.1. The van der Waals surface area contributed by atoms with Gasteiger partial charge >= 0.3 is 12.1 Å². The molecule has 1 atom stereocenters. The second-order valence-corrected chi connectivity index (χ2v) is 4.62. The minimum Gasteiger partial charge on any atom is -0.480 e. The van der Waals surface area contributed by atoms with E-state index in [-0.39, 0.29) is 23.7 Å². The van der Waals surface area contributed by atoms with E-state index in [9.17, 15) is 14.0 Å². The van der Waals surface area contributed by atoms with Crippen molar-refractivity contribution >= 4 is 23.7 Å². The number of benzene rings is 1. The summed E-state index contributed by atoms with van der Waals surface area (Å²) in [6.45, 7) is 4.30. The summed E-state index contributed by atoms with van der Waals surface area (Å²) in [6, 6.07) is 2.86. The third-order valence-electron chi connectivity index (χ3n) is 2.77. The second kappa shape index (κ2) is 7.64. The maximum absolute atomic E-state index is 13.8. The van der Waals surface area contributed by atoms with Crippen molar-refractivity contribution in [3.63, 3.8) is 0 Å². The summed E-state index contributed by atoms with van der Waals surface area (Å²) in [5.41, 5.74) is 0.0304. The van der Waals surface area contributed by atoms with Crippen LogP contribution >= 0.6 is 11.6 Å². The lowest BCUT2D eigenvalue weighted by molar-refractivity contribution is -0.142. The smallest absolute Gasteiger partial charge is 0.411 e. The van der Waals surface area contributed by atoms with Crippen LogP contribution in [0.1, 0.15) is 12.5 Å². The third kappa shape index (κ3) is 4.46. The van der Waals surface area contributed by atoms with Crippen LogP contribution in [-0.2, 0) is 16.1 Å². The first-order valence-corrected chi connectivity index (χ1v) is 6.46. The van der Waals surface area contributed by atoms with Crippen LogP contribution in [0.3, 0.4) is 0 Å². The Kier molecular flexibility index (Phi) is 6.17. The molecule has 1 unspecified atom stereocenters. The minimum atomic E-state index is -1.24. The summed E-state index contributed by atoms with van der Waals surface area (Å²) >= 11 is 5.88. The summed E-state index contributed by atoms with van der Waals surface area (Å²) in [5, 5.41) is 9.15. The molecule has 21 heavy (non-hydrogen) atoms. The molecular weight excluding hydrogens is 301 g/mol. The van der Waals surface area contributed by atoms with Gasteiger partial charge < -0.3 is 9.84 Å². The van der Waals surface area contributed by atoms with E-state index in [1.54, 1.807) is 0 Å². The highest BCUT2D eigenvalue weighted by Gasteiger charge is 2.28. The normalized spacial score (nSPS) is 11.6. The Bertz CT molecular complexity index is 530. The Labute approximate surface area is 126 Å². The molecular formula is C14H15ClFNO4. The molecule has 114 valence electrons. The van der Waals surface area contributed by atoms with Crippen LogP contribution in [0.4, 0.5) is 9.18 Å². The molecule has 1 aromatic carbocycles. The molecule has 0 aliphatic carbocycles. The van der Waals surface area contributed by atoms with Crippen LogP contribution in [0, 0.1) is 5.82 Å². The highest BCUT2D eigenvalue weighted by molar-refractivity contribution is 6.31. The topological polar surface area (TPSA) is 66.8 Å². The van der Waals surface area contributed by atoms with E-state index >= 15 is 0 Å². The van der Waals surface area contributed by atoms with Gasteiger partial charge in [-0.25, -0.2) is 14.0 Å². The fourth-order valence-electron chi connectivity index (χ4n) is 1.56. The second-order valence-electron chi connectivity index (χ2n) is 4.21. The van der Waals surface area contributed by atoms with E-state index in [1.165, 1.54) is 31.2 Å². The van der Waals surface area contributed by atoms with Gasteiger partial charge in [0.1, 0.15) is 18.5 Å². The van der Waals surface area contributed by atoms with Gasteiger partial charge in [0.2, 0.25) is 0 Å². The molecule has 0 aliphatic heterocycles. The average Bonchev–Trinajstić information content (AvgIpc) is 2.43. The van der Waals surface area contributed by atoms with Gasteiger partial charge in [0.25, 0.3) is 0 Å². The zero-order chi connectivity index (χ0) is 16.0. The lowest BCUT2D eigenvalue weighted by Gasteiger charge is -2.26. The van der Waals surface area contributed by atoms with Crippen LogP contribution in [0.25, 0.3) is 0 Å². The highest BCUT2D eigenvalue weighted by atomic mass is 35.5. The molecule has 0 radical (unpaired) electrons. The van der Waals surface area contributed by atoms with Gasteiger partial charge in [-0.1, -0.05) is 30.3 Å². The number of carbonyl (C=O) groups is 2. The number of amides is 1. The fourth-order valence-corrected chi connectivity index (χ4v) is 1.78. The minimum absolute atomic E-state index is 0.0304. The van der Waals surface area contributed by atoms with Crippen molar-refractivity contribution < 1.29 is 23.8 Å². The molecule has 1 amide bonds. The third-order valence-corrected chi connectivity index (χ3v) is 3.13. The number of carboxylic acid groups (broad SMARTS) is 1. The molecule has 0 fully saturated rings. The Morgan fingerprint density at radius 1 is 1.57 bits per heavy atom. The van der Waals surface area contributed by atoms with Crippen molar-refractivity contribution in [1.82, 2.24) is 4.90 Å². The summed E-state index contributed by atoms with van der Waals surface area (Å²) in [6.07, 6.45) is 0.460. The van der Waals surface area contributed by atoms with Crippen molar-refractivity contribution in [3.8, 4) is 0 Å². The predicted octanol–water partition coefficient (Wildman–Crippen LogP) is 3.08. The molecule has 0 saturated carbocycles. The Hall–Kier alpha value is -2.08. The molecule has 0 aromatic heterocycles. The van der Waals surface area contributed by atoms with Crippen molar-refractivity contribution in [2.45, 2.75) is 19.5 Å². The molecule has 5 nitrogen and oxygen atoms in total. The molecule has 1 rings (SSSR count). The van der Waals surface area contributed by atoms with Gasteiger partial charge in [-0.05, 0) is 19.1 Å². The largest absolute Gasteiger partial charge is 0.480 e. The van der Waals surface area contributed by atoms with Crippen molar-refractivity contribution in [3.05, 3.63) is 47.3 Å². The number of carboxylic acids is 1. The number of aliphatic carboxylic acids is 1. The number of hydrogen-bond acceptors (Lipinski definition) is 3. The number of rotatable bonds is 6. The van der Waals surface area contributed by atoms with Crippen LogP contribution in [0.15, 0.2) is 30.9 Å². The molecule has 0 saturated heterocycles. The maximum atomic E-state index is 13.8. The molecule has 0 heterocycles. The van der Waals surface area contributed by atoms with E-state index in [4.69, 9.17) is 21.4 Å². The first-order chi connectivity index (χ1) is 9.88. The van der Waals surface area contributed by atoms with Gasteiger partial charge in [-0.15, -0.1) is 0 Å². The molecule has 0 aliphatic rings. The number of nitrogens with zero attached hydrogens (tertiary/aromatic N) is 1. The zero-order valence-electron chi connectivity index (χ0n) is 11.4. The van der Waals surface area contributed by atoms with Crippen LogP contribution in [-0.4, -0.2) is 34.7 Å². The average molecular weight is 316 g/mol. The molecule has 7 heteroatoms. The molecule has 1 aromatic rings. The van der Waals surface area contributed by atoms with Crippen LogP contribution in [0.2, 0.25) is 5.02 Å². The first kappa shape index (κ1) is 17.0. The van der Waals surface area contributed by atoms with Gasteiger partial charge in [-0.3, -0.25) is 4.90 Å². The van der Waals surface area contributed by atoms with E-state index in [1.807, 2.05) is 0 Å². The van der Waals surface area contributed by atoms with Gasteiger partial charge in [0.15, 0.2) is 0 Å². The number of hydrogen-bond donors (Lipinski definition) is 1. The Morgan fingerprint density at radius 3 is 2.76 bits per heavy atom. The van der Waals surface area contributed by atoms with E-state index in [0.717, 1.165) is 4.90 Å². The van der Waals surface area contributed by atoms with Crippen molar-refractivity contribution in [2.24, 2.45) is 0 Å². The number of halogens is 2. The first-order valence-electron chi connectivity index (χ1n) is 6.08. The van der Waals surface area contributed by atoms with Crippen LogP contribution in [0.5, 0.6) is 0 Å². The van der Waals surface area contributed by atoms with Crippen molar-refractivity contribution in [2.75, 3.05) is 6.61 Å². The Morgan fingerprint density at radius 2 is 2.24 bits per heavy atom. The van der Waals surface area contributed by atoms with E-state index in [0.29, 0.717) is 0 Å². The van der Waals surface area contributed by atoms with Gasteiger partial charge in [0.05, 0.1) is 6.54 Å². The number of ether oxygens (including phenoxy) is 1. The molecule has 0 spiro atoms. The van der Waals surface area contributed by atoms with E-state index in [2.05, 4.69) is 6.58 Å². The lowest BCUT2D eigenvalue weighted by Crippen LogP contribution is -2.43. The maximum Gasteiger partial charge on any atom is 0.411 e. The molecule has 1 N–H and O–H groups in total. The van der Waals surface area contributed by atoms with Gasteiger partial charge in [0, 0.05) is 10.6 Å². The van der Waals surface area contributed by atoms with Crippen molar-refractivity contribution in [1.29, 1.82) is 0 Å². The van der Waals surface area contributed by atoms with Crippen LogP contribution < -0.4 is 0 Å². The lowest BCUT2D eigenvalue weighted by atomic mass is 10.1. The highest BCUT2D eigenvalue weighted by Crippen LogP contribution is 2.22. The fraction of sp³-hybridized carbons (Fsp3) is 0.286. The van der Waals surface area contributed by atoms with E-state index < -0.39 is 23.9 Å². The Balaban J connectivity index is 3.04. The monoisotopic (exact) mass is 315 g/mol. The summed E-state index contributed by atoms with van der Waals surface area (Å²) in [7, 11) is 0. The summed E-state index contributed by atoms with van der Waals surface area (Å²) in [4.78, 5) is 23.9. The van der Waals surface area contributed by atoms with Gasteiger partial charge in [-0.2, -0.15) is 0 Å². The molecule has 0 bridgehead atoms. The SMILES string of the molecule is C=CCOC(=O)N(Cc1c(F)cccc1Cl)C(C)C(=O)O. The summed E-state index contributed by atoms with van der Waals surface area (Å²) in [5.74, 6) is -1.86. The standard InChI is InChI=1S/C14H15ClFNO4/c1-3-7-21-14(20)17(9(2)13(18)19)8-10-11(15)5-4-6-12(10)16/h3-6,9H,1,7-8H2,2H3,(H,18,19). The quantitative estimate of drug-likeness (QED) is 0.819. The summed E-state index contributed by atoms with van der Waals surface area (Å²) < 4.78 is 18.6. The predicted molar refractivity (Wildman–Crippen MR) is 75.6 cm³/mol.